The normalized spacial score (nSPS) is 14.2. The zero-order valence-electron chi connectivity index (χ0n) is 12.2. The summed E-state index contributed by atoms with van der Waals surface area (Å²) >= 11 is 0. The molecule has 4 nitrogen and oxygen atoms in total. The van der Waals surface area contributed by atoms with Gasteiger partial charge in [0.25, 0.3) is 0 Å². The van der Waals surface area contributed by atoms with Crippen LogP contribution in [0.15, 0.2) is 24.3 Å². The highest BCUT2D eigenvalue weighted by molar-refractivity contribution is 5.93. The van der Waals surface area contributed by atoms with Crippen molar-refractivity contribution in [2.24, 2.45) is 5.92 Å². The van der Waals surface area contributed by atoms with Crippen LogP contribution >= 0.6 is 0 Å². The highest BCUT2D eigenvalue weighted by Crippen LogP contribution is 2.42. The van der Waals surface area contributed by atoms with Gasteiger partial charge in [0.05, 0.1) is 14.2 Å². The van der Waals surface area contributed by atoms with Crippen LogP contribution in [-0.4, -0.2) is 25.3 Å². The van der Waals surface area contributed by atoms with Gasteiger partial charge in [-0.2, -0.15) is 0 Å². The van der Waals surface area contributed by atoms with Crippen molar-refractivity contribution in [2.45, 2.75) is 19.3 Å². The van der Waals surface area contributed by atoms with E-state index in [4.69, 9.17) is 14.6 Å². The Morgan fingerprint density at radius 1 is 1.10 bits per heavy atom. The molecule has 0 fully saturated rings. The number of hydrogen-bond donors (Lipinski definition) is 1. The Hall–Kier alpha value is -2.23. The second-order valence-corrected chi connectivity index (χ2v) is 5.46. The average Bonchev–Trinajstić information content (AvgIpc) is 2.47. The van der Waals surface area contributed by atoms with Crippen LogP contribution in [0.2, 0.25) is 0 Å². The van der Waals surface area contributed by atoms with Gasteiger partial charge in [0.1, 0.15) is 11.5 Å². The number of carbonyl (C=O) groups is 1. The largest absolute Gasteiger partial charge is 0.496 e. The highest BCUT2D eigenvalue weighted by atomic mass is 16.5. The monoisotopic (exact) mass is 286 g/mol. The molecule has 0 unspecified atom stereocenters. The molecule has 0 bridgehead atoms. The number of rotatable bonds is 4. The Balaban J connectivity index is 2.21. The van der Waals surface area contributed by atoms with E-state index >= 15 is 0 Å². The molecule has 0 spiro atoms. The topological polar surface area (TPSA) is 55.8 Å². The maximum atomic E-state index is 11.1. The SMILES string of the molecule is COc1ccc2ccc(OC)c3c2c1CC(CC(=O)O)C3. The van der Waals surface area contributed by atoms with E-state index in [0.717, 1.165) is 46.2 Å². The summed E-state index contributed by atoms with van der Waals surface area (Å²) in [5, 5.41) is 11.4. The van der Waals surface area contributed by atoms with Gasteiger partial charge in [0, 0.05) is 17.5 Å². The summed E-state index contributed by atoms with van der Waals surface area (Å²) in [6, 6.07) is 7.99. The van der Waals surface area contributed by atoms with Crippen molar-refractivity contribution >= 4 is 16.7 Å². The van der Waals surface area contributed by atoms with E-state index < -0.39 is 5.97 Å². The predicted molar refractivity (Wildman–Crippen MR) is 80.2 cm³/mol. The summed E-state index contributed by atoms with van der Waals surface area (Å²) in [6.45, 7) is 0. The third-order valence-corrected chi connectivity index (χ3v) is 4.20. The first kappa shape index (κ1) is 13.7. The quantitative estimate of drug-likeness (QED) is 0.938. The molecule has 2 aromatic carbocycles. The molecular weight excluding hydrogens is 268 g/mol. The summed E-state index contributed by atoms with van der Waals surface area (Å²) in [7, 11) is 3.30. The van der Waals surface area contributed by atoms with E-state index in [1.54, 1.807) is 14.2 Å². The minimum atomic E-state index is -0.760. The van der Waals surface area contributed by atoms with Crippen molar-refractivity contribution in [1.82, 2.24) is 0 Å². The fourth-order valence-electron chi connectivity index (χ4n) is 3.36. The molecule has 21 heavy (non-hydrogen) atoms. The zero-order valence-corrected chi connectivity index (χ0v) is 12.2. The molecule has 1 aliphatic rings. The number of ether oxygens (including phenoxy) is 2. The Bertz CT molecular complexity index is 657. The molecule has 0 heterocycles. The Morgan fingerprint density at radius 2 is 1.62 bits per heavy atom. The first-order chi connectivity index (χ1) is 10.1. The van der Waals surface area contributed by atoms with E-state index in [2.05, 4.69) is 0 Å². The van der Waals surface area contributed by atoms with Crippen molar-refractivity contribution in [3.8, 4) is 11.5 Å². The highest BCUT2D eigenvalue weighted by Gasteiger charge is 2.27. The lowest BCUT2D eigenvalue weighted by Gasteiger charge is -2.27. The molecule has 3 rings (SSSR count). The molecule has 0 saturated carbocycles. The molecule has 0 amide bonds. The number of methoxy groups -OCH3 is 2. The predicted octanol–water partition coefficient (Wildman–Crippen LogP) is 3.05. The maximum absolute atomic E-state index is 11.1. The van der Waals surface area contributed by atoms with Crippen LogP contribution in [0.4, 0.5) is 0 Å². The van der Waals surface area contributed by atoms with E-state index in [0.29, 0.717) is 0 Å². The van der Waals surface area contributed by atoms with Gasteiger partial charge in [-0.1, -0.05) is 12.1 Å². The smallest absolute Gasteiger partial charge is 0.303 e. The molecule has 0 atom stereocenters. The lowest BCUT2D eigenvalue weighted by molar-refractivity contribution is -0.138. The maximum Gasteiger partial charge on any atom is 0.303 e. The number of aliphatic carboxylic acids is 1. The second kappa shape index (κ2) is 5.28. The van der Waals surface area contributed by atoms with Crippen LogP contribution in [-0.2, 0) is 17.6 Å². The molecule has 0 saturated heterocycles. The standard InChI is InChI=1S/C17H18O4/c1-20-14-5-3-11-4-6-15(21-2)13-8-10(9-16(18)19)7-12(14)17(11)13/h3-6,10H,7-9H2,1-2H3,(H,18,19). The van der Waals surface area contributed by atoms with Gasteiger partial charge in [-0.15, -0.1) is 0 Å². The van der Waals surface area contributed by atoms with E-state index in [1.165, 1.54) is 0 Å². The van der Waals surface area contributed by atoms with Gasteiger partial charge in [0.2, 0.25) is 0 Å². The van der Waals surface area contributed by atoms with Crippen LogP contribution in [0.25, 0.3) is 10.8 Å². The number of carboxylic acids is 1. The summed E-state index contributed by atoms with van der Waals surface area (Å²) in [5.74, 6) is 0.967. The summed E-state index contributed by atoms with van der Waals surface area (Å²) < 4.78 is 10.9. The lowest BCUT2D eigenvalue weighted by Crippen LogP contribution is -2.19. The number of benzene rings is 2. The van der Waals surface area contributed by atoms with Gasteiger partial charge >= 0.3 is 5.97 Å². The Kier molecular flexibility index (Phi) is 3.45. The van der Waals surface area contributed by atoms with Crippen molar-refractivity contribution in [1.29, 1.82) is 0 Å². The minimum absolute atomic E-state index is 0.0748. The van der Waals surface area contributed by atoms with Crippen molar-refractivity contribution in [3.05, 3.63) is 35.4 Å². The second-order valence-electron chi connectivity index (χ2n) is 5.46. The molecule has 1 N–H and O–H groups in total. The van der Waals surface area contributed by atoms with Crippen LogP contribution < -0.4 is 9.47 Å². The molecule has 0 aliphatic heterocycles. The first-order valence-electron chi connectivity index (χ1n) is 7.01. The van der Waals surface area contributed by atoms with Gasteiger partial charge in [-0.3, -0.25) is 4.79 Å². The molecule has 0 radical (unpaired) electrons. The third-order valence-electron chi connectivity index (χ3n) is 4.20. The lowest BCUT2D eigenvalue weighted by atomic mass is 9.79. The van der Waals surface area contributed by atoms with Gasteiger partial charge in [-0.25, -0.2) is 0 Å². The zero-order chi connectivity index (χ0) is 15.0. The van der Waals surface area contributed by atoms with Gasteiger partial charge in [0.15, 0.2) is 0 Å². The van der Waals surface area contributed by atoms with Crippen molar-refractivity contribution in [2.75, 3.05) is 14.2 Å². The summed E-state index contributed by atoms with van der Waals surface area (Å²) in [5.41, 5.74) is 2.20. The molecule has 0 aromatic heterocycles. The molecule has 1 aliphatic carbocycles. The number of hydrogen-bond acceptors (Lipinski definition) is 3. The Morgan fingerprint density at radius 3 is 2.05 bits per heavy atom. The molecule has 2 aromatic rings. The summed E-state index contributed by atoms with van der Waals surface area (Å²) in [6.07, 6.45) is 1.62. The number of carboxylic acid groups (broad SMARTS) is 1. The van der Waals surface area contributed by atoms with Crippen LogP contribution in [0.1, 0.15) is 17.5 Å². The van der Waals surface area contributed by atoms with Crippen LogP contribution in [0.5, 0.6) is 11.5 Å². The van der Waals surface area contributed by atoms with Crippen molar-refractivity contribution in [3.63, 3.8) is 0 Å². The van der Waals surface area contributed by atoms with Crippen molar-refractivity contribution < 1.29 is 19.4 Å². The molecule has 110 valence electrons. The third kappa shape index (κ3) is 2.31. The average molecular weight is 286 g/mol. The Labute approximate surface area is 123 Å². The molecular formula is C17H18O4. The van der Waals surface area contributed by atoms with Gasteiger partial charge < -0.3 is 14.6 Å². The minimum Gasteiger partial charge on any atom is -0.496 e. The fourth-order valence-corrected chi connectivity index (χ4v) is 3.36. The van der Waals surface area contributed by atoms with Gasteiger partial charge in [-0.05, 0) is 41.7 Å². The van der Waals surface area contributed by atoms with E-state index in [1.807, 2.05) is 24.3 Å². The molecule has 4 heteroatoms. The first-order valence-corrected chi connectivity index (χ1v) is 7.01. The van der Waals surface area contributed by atoms with E-state index in [-0.39, 0.29) is 12.3 Å². The van der Waals surface area contributed by atoms with Crippen LogP contribution in [0.3, 0.4) is 0 Å². The van der Waals surface area contributed by atoms with Crippen LogP contribution in [0, 0.1) is 5.92 Å². The summed E-state index contributed by atoms with van der Waals surface area (Å²) in [4.78, 5) is 11.1. The fraction of sp³-hybridized carbons (Fsp3) is 0.353. The van der Waals surface area contributed by atoms with E-state index in [9.17, 15) is 4.79 Å².